The van der Waals surface area contributed by atoms with Crippen molar-refractivity contribution in [3.8, 4) is 67.5 Å². The van der Waals surface area contributed by atoms with Gasteiger partial charge in [0.2, 0.25) is 0 Å². The number of hydrogen-bond acceptors (Lipinski definition) is 5. The summed E-state index contributed by atoms with van der Waals surface area (Å²) in [6, 6.07) is 64.6. The summed E-state index contributed by atoms with van der Waals surface area (Å²) in [5.74, 6) is 1.80. The van der Waals surface area contributed by atoms with E-state index in [0.29, 0.717) is 17.5 Å². The topological polar surface area (TPSA) is 65.0 Å². The van der Waals surface area contributed by atoms with E-state index >= 15 is 0 Å². The molecule has 11 rings (SSSR count). The van der Waals surface area contributed by atoms with Crippen LogP contribution in [0.25, 0.3) is 111 Å². The quantitative estimate of drug-likeness (QED) is 0.171. The van der Waals surface area contributed by atoms with Gasteiger partial charge in [0.1, 0.15) is 22.3 Å². The number of rotatable bonds is 6. The van der Waals surface area contributed by atoms with Crippen molar-refractivity contribution in [3.63, 3.8) is 0 Å². The second-order valence-corrected chi connectivity index (χ2v) is 14.0. The van der Waals surface area contributed by atoms with Gasteiger partial charge < -0.3 is 8.83 Å². The molecule has 0 aliphatic heterocycles. The molecule has 0 bridgehead atoms. The van der Waals surface area contributed by atoms with Crippen LogP contribution in [0.1, 0.15) is 0 Å². The van der Waals surface area contributed by atoms with Gasteiger partial charge in [0.25, 0.3) is 0 Å². The van der Waals surface area contributed by atoms with Crippen LogP contribution in [0.15, 0.2) is 197 Å². The van der Waals surface area contributed by atoms with E-state index < -0.39 is 0 Å². The fraction of sp³-hybridized carbons (Fsp3) is 0. The van der Waals surface area contributed by atoms with Crippen molar-refractivity contribution >= 4 is 43.9 Å². The van der Waals surface area contributed by atoms with E-state index in [-0.39, 0.29) is 0 Å². The third-order valence-electron chi connectivity index (χ3n) is 10.6. The predicted molar refractivity (Wildman–Crippen MR) is 227 cm³/mol. The fourth-order valence-corrected chi connectivity index (χ4v) is 7.79. The minimum atomic E-state index is 0.587. The number of benzene rings is 8. The smallest absolute Gasteiger partial charge is 0.164 e. The van der Waals surface area contributed by atoms with Gasteiger partial charge in [-0.05, 0) is 46.5 Å². The van der Waals surface area contributed by atoms with Gasteiger partial charge in [0.15, 0.2) is 17.5 Å². The maximum Gasteiger partial charge on any atom is 0.164 e. The van der Waals surface area contributed by atoms with Gasteiger partial charge in [-0.25, -0.2) is 15.0 Å². The lowest BCUT2D eigenvalue weighted by molar-refractivity contribution is 0.669. The third-order valence-corrected chi connectivity index (χ3v) is 10.6. The van der Waals surface area contributed by atoms with Crippen molar-refractivity contribution in [3.05, 3.63) is 188 Å². The number of fused-ring (bicyclic) bond motifs is 6. The summed E-state index contributed by atoms with van der Waals surface area (Å²) in [5, 5.41) is 4.37. The Morgan fingerprint density at radius 2 is 0.750 bits per heavy atom. The maximum absolute atomic E-state index is 6.73. The van der Waals surface area contributed by atoms with E-state index in [1.807, 2.05) is 60.7 Å². The van der Waals surface area contributed by atoms with E-state index in [0.717, 1.165) is 93.9 Å². The van der Waals surface area contributed by atoms with Crippen LogP contribution in [0.3, 0.4) is 0 Å². The first-order valence-corrected chi connectivity index (χ1v) is 18.7. The zero-order valence-corrected chi connectivity index (χ0v) is 30.1. The highest BCUT2D eigenvalue weighted by molar-refractivity contribution is 6.13. The molecule has 0 spiro atoms. The van der Waals surface area contributed by atoms with Crippen LogP contribution >= 0.6 is 0 Å². The molecular weight excluding hydrogens is 687 g/mol. The Morgan fingerprint density at radius 1 is 0.268 bits per heavy atom. The van der Waals surface area contributed by atoms with Crippen LogP contribution in [0, 0.1) is 0 Å². The molecule has 0 radical (unpaired) electrons. The molecule has 0 aliphatic rings. The molecule has 0 amide bonds. The Labute approximate surface area is 322 Å². The number of furan rings is 2. The zero-order valence-electron chi connectivity index (χ0n) is 30.1. The molecule has 11 aromatic rings. The van der Waals surface area contributed by atoms with E-state index in [4.69, 9.17) is 23.8 Å². The zero-order chi connectivity index (χ0) is 37.0. The number of para-hydroxylation sites is 3. The molecule has 0 aliphatic carbocycles. The molecule has 0 saturated heterocycles. The van der Waals surface area contributed by atoms with Gasteiger partial charge in [-0.15, -0.1) is 0 Å². The lowest BCUT2D eigenvalue weighted by Crippen LogP contribution is -2.00. The molecule has 56 heavy (non-hydrogen) atoms. The lowest BCUT2D eigenvalue weighted by atomic mass is 9.97. The van der Waals surface area contributed by atoms with Gasteiger partial charge in [0, 0.05) is 49.4 Å². The highest BCUT2D eigenvalue weighted by Crippen LogP contribution is 2.41. The second-order valence-electron chi connectivity index (χ2n) is 14.0. The minimum absolute atomic E-state index is 0.587. The van der Waals surface area contributed by atoms with Crippen LogP contribution in [0.4, 0.5) is 0 Å². The standard InChI is InChI=1S/C51H31N3O2/c1-3-12-33(13-4-1)39-19-10-21-43-44-22-11-20-40(48(44)56-47(39)43)37-17-9-16-36(30-37)32-24-26-35(27-25-32)50-52-49(34-14-5-2-6-15-34)53-51(54-50)38-28-29-42-41-18-7-8-23-45(41)55-46(42)31-38/h1-31H. The molecule has 0 saturated carbocycles. The molecule has 0 atom stereocenters. The van der Waals surface area contributed by atoms with Crippen LogP contribution in [-0.4, -0.2) is 15.0 Å². The molecule has 3 heterocycles. The Bertz CT molecular complexity index is 3240. The lowest BCUT2D eigenvalue weighted by Gasteiger charge is -2.10. The minimum Gasteiger partial charge on any atom is -0.456 e. The maximum atomic E-state index is 6.73. The van der Waals surface area contributed by atoms with Crippen molar-refractivity contribution < 1.29 is 8.83 Å². The van der Waals surface area contributed by atoms with Crippen molar-refractivity contribution in [1.82, 2.24) is 15.0 Å². The highest BCUT2D eigenvalue weighted by atomic mass is 16.3. The summed E-state index contributed by atoms with van der Waals surface area (Å²) in [7, 11) is 0. The molecule has 0 fully saturated rings. The summed E-state index contributed by atoms with van der Waals surface area (Å²) in [4.78, 5) is 14.9. The number of aromatic nitrogens is 3. The monoisotopic (exact) mass is 717 g/mol. The van der Waals surface area contributed by atoms with Crippen molar-refractivity contribution in [2.45, 2.75) is 0 Å². The highest BCUT2D eigenvalue weighted by Gasteiger charge is 2.17. The molecular formula is C51H31N3O2. The molecule has 0 unspecified atom stereocenters. The molecule has 3 aromatic heterocycles. The average Bonchev–Trinajstić information content (AvgIpc) is 3.85. The van der Waals surface area contributed by atoms with Crippen LogP contribution < -0.4 is 0 Å². The van der Waals surface area contributed by atoms with Gasteiger partial charge in [-0.1, -0.05) is 164 Å². The largest absolute Gasteiger partial charge is 0.456 e. The first-order chi connectivity index (χ1) is 27.7. The average molecular weight is 718 g/mol. The van der Waals surface area contributed by atoms with E-state index in [1.165, 1.54) is 0 Å². The van der Waals surface area contributed by atoms with Crippen LogP contribution in [0.5, 0.6) is 0 Å². The van der Waals surface area contributed by atoms with Crippen molar-refractivity contribution in [2.24, 2.45) is 0 Å². The van der Waals surface area contributed by atoms with Crippen molar-refractivity contribution in [2.75, 3.05) is 0 Å². The molecule has 5 nitrogen and oxygen atoms in total. The van der Waals surface area contributed by atoms with E-state index in [9.17, 15) is 0 Å². The summed E-state index contributed by atoms with van der Waals surface area (Å²) >= 11 is 0. The number of hydrogen-bond donors (Lipinski definition) is 0. The van der Waals surface area contributed by atoms with E-state index in [1.54, 1.807) is 0 Å². The SMILES string of the molecule is c1ccc(-c2nc(-c3ccc(-c4cccc(-c5cccc6c5oc5c(-c7ccccc7)cccc56)c4)cc3)nc(-c3ccc4c(c3)oc3ccccc34)n2)cc1. The fourth-order valence-electron chi connectivity index (χ4n) is 7.79. The predicted octanol–water partition coefficient (Wildman–Crippen LogP) is 13.7. The Hall–Kier alpha value is -7.63. The van der Waals surface area contributed by atoms with E-state index in [2.05, 4.69) is 127 Å². The summed E-state index contributed by atoms with van der Waals surface area (Å²) in [5.41, 5.74) is 12.7. The number of nitrogens with zero attached hydrogens (tertiary/aromatic N) is 3. The molecule has 0 N–H and O–H groups in total. The summed E-state index contributed by atoms with van der Waals surface area (Å²) < 4.78 is 12.9. The van der Waals surface area contributed by atoms with Crippen LogP contribution in [0.2, 0.25) is 0 Å². The first kappa shape index (κ1) is 31.9. The van der Waals surface area contributed by atoms with Gasteiger partial charge >= 0.3 is 0 Å². The molecule has 262 valence electrons. The van der Waals surface area contributed by atoms with Gasteiger partial charge in [-0.2, -0.15) is 0 Å². The Morgan fingerprint density at radius 3 is 1.46 bits per heavy atom. The summed E-state index contributed by atoms with van der Waals surface area (Å²) in [6.45, 7) is 0. The third kappa shape index (κ3) is 5.45. The van der Waals surface area contributed by atoms with Gasteiger partial charge in [0.05, 0.1) is 0 Å². The first-order valence-electron chi connectivity index (χ1n) is 18.7. The molecule has 8 aromatic carbocycles. The Kier molecular flexibility index (Phi) is 7.42. The summed E-state index contributed by atoms with van der Waals surface area (Å²) in [6.07, 6.45) is 0. The van der Waals surface area contributed by atoms with Crippen LogP contribution in [-0.2, 0) is 0 Å². The second kappa shape index (κ2) is 13.0. The normalized spacial score (nSPS) is 11.6. The van der Waals surface area contributed by atoms with Gasteiger partial charge in [-0.3, -0.25) is 0 Å². The molecule has 5 heteroatoms. The Balaban J connectivity index is 0.964. The van der Waals surface area contributed by atoms with Crippen molar-refractivity contribution in [1.29, 1.82) is 0 Å².